The normalized spacial score (nSPS) is 32.6. The summed E-state index contributed by atoms with van der Waals surface area (Å²) in [6.07, 6.45) is 11.2. The third-order valence-electron chi connectivity index (χ3n) is 5.34. The molecule has 0 spiro atoms. The largest absolute Gasteiger partial charge is 0.313 e. The van der Waals surface area contributed by atoms with E-state index in [4.69, 9.17) is 5.73 Å². The van der Waals surface area contributed by atoms with Gasteiger partial charge in [0.1, 0.15) is 5.54 Å². The van der Waals surface area contributed by atoms with E-state index >= 15 is 0 Å². The van der Waals surface area contributed by atoms with Crippen molar-refractivity contribution in [3.8, 4) is 6.07 Å². The van der Waals surface area contributed by atoms with Crippen molar-refractivity contribution >= 4 is 0 Å². The lowest BCUT2D eigenvalue weighted by atomic mass is 9.86. The maximum atomic E-state index is 9.28. The third-order valence-corrected chi connectivity index (χ3v) is 5.34. The molecule has 0 aromatic rings. The standard InChI is InChI=1S/C16H29N3/c1-2-19(15-8-4-3-5-9-15)12-10-14-7-6-11-16(14,18)13-17/h14-15H,2-12,18H2,1H3. The van der Waals surface area contributed by atoms with Crippen molar-refractivity contribution in [2.75, 3.05) is 13.1 Å². The molecule has 0 heterocycles. The molecule has 0 bridgehead atoms. The molecule has 0 amide bonds. The molecule has 3 heteroatoms. The van der Waals surface area contributed by atoms with Crippen molar-refractivity contribution in [2.24, 2.45) is 11.7 Å². The first-order valence-corrected chi connectivity index (χ1v) is 8.14. The SMILES string of the molecule is CCN(CCC1CCCC1(N)C#N)C1CCCCC1. The molecule has 0 aromatic carbocycles. The second kappa shape index (κ2) is 6.72. The number of rotatable bonds is 5. The summed E-state index contributed by atoms with van der Waals surface area (Å²) in [6, 6.07) is 3.16. The molecule has 2 N–H and O–H groups in total. The highest BCUT2D eigenvalue weighted by Gasteiger charge is 2.39. The van der Waals surface area contributed by atoms with Gasteiger partial charge in [-0.2, -0.15) is 5.26 Å². The highest BCUT2D eigenvalue weighted by Crippen LogP contribution is 2.36. The molecule has 2 rings (SSSR count). The van der Waals surface area contributed by atoms with Crippen LogP contribution in [0.5, 0.6) is 0 Å². The maximum absolute atomic E-state index is 9.28. The molecule has 3 nitrogen and oxygen atoms in total. The van der Waals surface area contributed by atoms with Crippen LogP contribution in [0.4, 0.5) is 0 Å². The third kappa shape index (κ3) is 3.49. The molecule has 19 heavy (non-hydrogen) atoms. The Morgan fingerprint density at radius 1 is 1.21 bits per heavy atom. The van der Waals surface area contributed by atoms with Gasteiger partial charge in [0.2, 0.25) is 0 Å². The smallest absolute Gasteiger partial charge is 0.107 e. The summed E-state index contributed by atoms with van der Waals surface area (Å²) < 4.78 is 0. The van der Waals surface area contributed by atoms with E-state index in [0.29, 0.717) is 5.92 Å². The lowest BCUT2D eigenvalue weighted by Crippen LogP contribution is -2.44. The van der Waals surface area contributed by atoms with Gasteiger partial charge < -0.3 is 10.6 Å². The van der Waals surface area contributed by atoms with E-state index in [9.17, 15) is 5.26 Å². The van der Waals surface area contributed by atoms with Crippen LogP contribution in [-0.4, -0.2) is 29.6 Å². The summed E-state index contributed by atoms with van der Waals surface area (Å²) in [7, 11) is 0. The Hall–Kier alpha value is -0.590. The zero-order valence-corrected chi connectivity index (χ0v) is 12.4. The molecule has 2 saturated carbocycles. The summed E-state index contributed by atoms with van der Waals surface area (Å²) >= 11 is 0. The summed E-state index contributed by atoms with van der Waals surface area (Å²) in [5, 5.41) is 9.28. The zero-order valence-electron chi connectivity index (χ0n) is 12.4. The van der Waals surface area contributed by atoms with Crippen LogP contribution in [0.2, 0.25) is 0 Å². The van der Waals surface area contributed by atoms with Crippen LogP contribution in [0.15, 0.2) is 0 Å². The van der Waals surface area contributed by atoms with Gasteiger partial charge in [0, 0.05) is 6.04 Å². The van der Waals surface area contributed by atoms with Crippen LogP contribution in [0.1, 0.15) is 64.7 Å². The molecule has 2 unspecified atom stereocenters. The Bertz CT molecular complexity index is 316. The van der Waals surface area contributed by atoms with Crippen LogP contribution in [0.3, 0.4) is 0 Å². The summed E-state index contributed by atoms with van der Waals surface area (Å²) in [5.74, 6) is 0.412. The van der Waals surface area contributed by atoms with E-state index in [0.717, 1.165) is 44.8 Å². The molecule has 0 saturated heterocycles. The van der Waals surface area contributed by atoms with Gasteiger partial charge in [0.25, 0.3) is 0 Å². The first-order valence-electron chi connectivity index (χ1n) is 8.14. The van der Waals surface area contributed by atoms with Crippen molar-refractivity contribution in [3.63, 3.8) is 0 Å². The van der Waals surface area contributed by atoms with Crippen LogP contribution in [-0.2, 0) is 0 Å². The van der Waals surface area contributed by atoms with Gasteiger partial charge in [0.15, 0.2) is 0 Å². The van der Waals surface area contributed by atoms with E-state index in [-0.39, 0.29) is 0 Å². The van der Waals surface area contributed by atoms with Crippen LogP contribution in [0.25, 0.3) is 0 Å². The Balaban J connectivity index is 1.84. The molecule has 108 valence electrons. The van der Waals surface area contributed by atoms with Crippen molar-refractivity contribution in [2.45, 2.75) is 76.3 Å². The summed E-state index contributed by atoms with van der Waals surface area (Å²) in [4.78, 5) is 2.63. The fourth-order valence-electron chi connectivity index (χ4n) is 4.02. The zero-order chi connectivity index (χ0) is 13.7. The second-order valence-corrected chi connectivity index (χ2v) is 6.45. The molecule has 2 atom stereocenters. The molecule has 0 aromatic heterocycles. The predicted molar refractivity (Wildman–Crippen MR) is 78.6 cm³/mol. The van der Waals surface area contributed by atoms with Crippen molar-refractivity contribution in [1.29, 1.82) is 5.26 Å². The van der Waals surface area contributed by atoms with E-state index in [1.165, 1.54) is 32.1 Å². The molecule has 0 aliphatic heterocycles. The second-order valence-electron chi connectivity index (χ2n) is 6.45. The minimum absolute atomic E-state index is 0.412. The van der Waals surface area contributed by atoms with Crippen LogP contribution >= 0.6 is 0 Å². The van der Waals surface area contributed by atoms with E-state index in [1.807, 2.05) is 0 Å². The fraction of sp³-hybridized carbons (Fsp3) is 0.938. The molecule has 2 aliphatic rings. The molecular formula is C16H29N3. The van der Waals surface area contributed by atoms with Gasteiger partial charge in [-0.05, 0) is 51.1 Å². The predicted octanol–water partition coefficient (Wildman–Crippen LogP) is 3.05. The van der Waals surface area contributed by atoms with E-state index in [2.05, 4.69) is 17.9 Å². The monoisotopic (exact) mass is 263 g/mol. The number of hydrogen-bond donors (Lipinski definition) is 1. The van der Waals surface area contributed by atoms with Crippen molar-refractivity contribution < 1.29 is 0 Å². The average molecular weight is 263 g/mol. The molecule has 0 radical (unpaired) electrons. The van der Waals surface area contributed by atoms with Crippen molar-refractivity contribution in [3.05, 3.63) is 0 Å². The number of hydrogen-bond acceptors (Lipinski definition) is 3. The molecule has 2 fully saturated rings. The lowest BCUT2D eigenvalue weighted by Gasteiger charge is -2.35. The van der Waals surface area contributed by atoms with Gasteiger partial charge >= 0.3 is 0 Å². The van der Waals surface area contributed by atoms with Crippen molar-refractivity contribution in [1.82, 2.24) is 4.90 Å². The Morgan fingerprint density at radius 3 is 2.58 bits per heavy atom. The average Bonchev–Trinajstić information content (AvgIpc) is 2.83. The number of nitrogens with two attached hydrogens (primary N) is 1. The maximum Gasteiger partial charge on any atom is 0.107 e. The van der Waals surface area contributed by atoms with E-state index in [1.54, 1.807) is 0 Å². The van der Waals surface area contributed by atoms with Gasteiger partial charge in [-0.3, -0.25) is 0 Å². The van der Waals surface area contributed by atoms with Gasteiger partial charge in [-0.15, -0.1) is 0 Å². The summed E-state index contributed by atoms with van der Waals surface area (Å²) in [5.41, 5.74) is 5.69. The molecule has 2 aliphatic carbocycles. The van der Waals surface area contributed by atoms with Gasteiger partial charge in [-0.25, -0.2) is 0 Å². The van der Waals surface area contributed by atoms with Gasteiger partial charge in [-0.1, -0.05) is 32.6 Å². The molecular weight excluding hydrogens is 234 g/mol. The fourth-order valence-corrected chi connectivity index (χ4v) is 4.02. The topological polar surface area (TPSA) is 53.0 Å². The minimum atomic E-state index is -0.536. The Labute approximate surface area is 118 Å². The van der Waals surface area contributed by atoms with E-state index < -0.39 is 5.54 Å². The highest BCUT2D eigenvalue weighted by atomic mass is 15.1. The number of nitrogens with zero attached hydrogens (tertiary/aromatic N) is 2. The Kier molecular flexibility index (Phi) is 5.24. The first-order chi connectivity index (χ1) is 9.19. The summed E-state index contributed by atoms with van der Waals surface area (Å²) in [6.45, 7) is 4.54. The number of nitriles is 1. The highest BCUT2D eigenvalue weighted by molar-refractivity contribution is 5.12. The van der Waals surface area contributed by atoms with Gasteiger partial charge in [0.05, 0.1) is 6.07 Å². The Morgan fingerprint density at radius 2 is 1.95 bits per heavy atom. The quantitative estimate of drug-likeness (QED) is 0.829. The first kappa shape index (κ1) is 14.8. The minimum Gasteiger partial charge on any atom is -0.313 e. The van der Waals surface area contributed by atoms with Crippen LogP contribution < -0.4 is 5.73 Å². The lowest BCUT2D eigenvalue weighted by molar-refractivity contribution is 0.149. The van der Waals surface area contributed by atoms with Crippen LogP contribution in [0, 0.1) is 17.2 Å².